The van der Waals surface area contributed by atoms with Gasteiger partial charge in [-0.15, -0.1) is 0 Å². The SMILES string of the molecule is CCCCC(CC)CNc1cc[nH]c1. The van der Waals surface area contributed by atoms with Gasteiger partial charge in [-0.3, -0.25) is 0 Å². The molecule has 0 bridgehead atoms. The summed E-state index contributed by atoms with van der Waals surface area (Å²) in [6.45, 7) is 5.64. The van der Waals surface area contributed by atoms with Gasteiger partial charge in [0.2, 0.25) is 0 Å². The molecule has 2 N–H and O–H groups in total. The Kier molecular flexibility index (Phi) is 5.20. The van der Waals surface area contributed by atoms with E-state index in [1.807, 2.05) is 12.4 Å². The molecule has 2 heteroatoms. The van der Waals surface area contributed by atoms with Gasteiger partial charge in [0.05, 0.1) is 5.69 Å². The van der Waals surface area contributed by atoms with E-state index < -0.39 is 0 Å². The summed E-state index contributed by atoms with van der Waals surface area (Å²) >= 11 is 0. The molecule has 0 saturated heterocycles. The average Bonchev–Trinajstić information content (AvgIpc) is 2.71. The third-order valence-electron chi connectivity index (χ3n) is 2.74. The molecule has 0 fully saturated rings. The van der Waals surface area contributed by atoms with Crippen LogP contribution in [0.4, 0.5) is 5.69 Å². The van der Waals surface area contributed by atoms with E-state index in [2.05, 4.69) is 30.2 Å². The van der Waals surface area contributed by atoms with Crippen molar-refractivity contribution in [3.63, 3.8) is 0 Å². The summed E-state index contributed by atoms with van der Waals surface area (Å²) in [7, 11) is 0. The monoisotopic (exact) mass is 194 g/mol. The number of hydrogen-bond acceptors (Lipinski definition) is 1. The van der Waals surface area contributed by atoms with Crippen LogP contribution in [0.3, 0.4) is 0 Å². The van der Waals surface area contributed by atoms with E-state index in [1.54, 1.807) is 0 Å². The highest BCUT2D eigenvalue weighted by molar-refractivity contribution is 5.40. The molecule has 0 amide bonds. The van der Waals surface area contributed by atoms with Crippen LogP contribution >= 0.6 is 0 Å². The van der Waals surface area contributed by atoms with E-state index in [0.29, 0.717) is 0 Å². The van der Waals surface area contributed by atoms with Crippen LogP contribution in [0.5, 0.6) is 0 Å². The Morgan fingerprint density at radius 1 is 1.43 bits per heavy atom. The van der Waals surface area contributed by atoms with Crippen LogP contribution in [0.15, 0.2) is 18.5 Å². The van der Waals surface area contributed by atoms with E-state index in [-0.39, 0.29) is 0 Å². The summed E-state index contributed by atoms with van der Waals surface area (Å²) in [6, 6.07) is 2.08. The van der Waals surface area contributed by atoms with Gasteiger partial charge in [-0.1, -0.05) is 33.1 Å². The van der Waals surface area contributed by atoms with Crippen molar-refractivity contribution in [2.75, 3.05) is 11.9 Å². The maximum Gasteiger partial charge on any atom is 0.0517 e. The molecule has 1 atom stereocenters. The van der Waals surface area contributed by atoms with Crippen LogP contribution < -0.4 is 5.32 Å². The van der Waals surface area contributed by atoms with Crippen molar-refractivity contribution in [2.45, 2.75) is 39.5 Å². The van der Waals surface area contributed by atoms with E-state index in [9.17, 15) is 0 Å². The molecule has 0 aliphatic rings. The van der Waals surface area contributed by atoms with Crippen molar-refractivity contribution in [2.24, 2.45) is 5.92 Å². The molecule has 0 saturated carbocycles. The maximum absolute atomic E-state index is 3.45. The fourth-order valence-electron chi connectivity index (χ4n) is 1.64. The molecule has 0 radical (unpaired) electrons. The second-order valence-corrected chi connectivity index (χ2v) is 3.90. The van der Waals surface area contributed by atoms with Crippen molar-refractivity contribution >= 4 is 5.69 Å². The molecule has 1 aromatic rings. The summed E-state index contributed by atoms with van der Waals surface area (Å²) in [5.74, 6) is 0.824. The van der Waals surface area contributed by atoms with Gasteiger partial charge in [-0.2, -0.15) is 0 Å². The maximum atomic E-state index is 3.45. The van der Waals surface area contributed by atoms with Crippen molar-refractivity contribution in [3.05, 3.63) is 18.5 Å². The van der Waals surface area contributed by atoms with Gasteiger partial charge >= 0.3 is 0 Å². The first-order valence-electron chi connectivity index (χ1n) is 5.73. The van der Waals surface area contributed by atoms with Gasteiger partial charge in [-0.25, -0.2) is 0 Å². The number of aromatic nitrogens is 1. The summed E-state index contributed by atoms with van der Waals surface area (Å²) < 4.78 is 0. The van der Waals surface area contributed by atoms with Crippen molar-refractivity contribution in [1.29, 1.82) is 0 Å². The van der Waals surface area contributed by atoms with Crippen LogP contribution in [-0.2, 0) is 0 Å². The number of unbranched alkanes of at least 4 members (excludes halogenated alkanes) is 1. The molecule has 0 aliphatic heterocycles. The lowest BCUT2D eigenvalue weighted by molar-refractivity contribution is 0.473. The fraction of sp³-hybridized carbons (Fsp3) is 0.667. The van der Waals surface area contributed by atoms with Gasteiger partial charge in [0.15, 0.2) is 0 Å². The minimum atomic E-state index is 0.824. The van der Waals surface area contributed by atoms with Crippen LogP contribution in [0, 0.1) is 5.92 Å². The van der Waals surface area contributed by atoms with Crippen LogP contribution in [0.1, 0.15) is 39.5 Å². The van der Waals surface area contributed by atoms with Gasteiger partial charge in [0.25, 0.3) is 0 Å². The molecule has 1 heterocycles. The summed E-state index contributed by atoms with van der Waals surface area (Å²) in [5.41, 5.74) is 1.21. The van der Waals surface area contributed by atoms with Gasteiger partial charge < -0.3 is 10.3 Å². The highest BCUT2D eigenvalue weighted by Crippen LogP contribution is 2.14. The lowest BCUT2D eigenvalue weighted by atomic mass is 9.99. The first kappa shape index (κ1) is 11.2. The molecule has 80 valence electrons. The highest BCUT2D eigenvalue weighted by atomic mass is 14.9. The van der Waals surface area contributed by atoms with Crippen LogP contribution in [0.2, 0.25) is 0 Å². The smallest absolute Gasteiger partial charge is 0.0517 e. The first-order valence-corrected chi connectivity index (χ1v) is 5.73. The lowest BCUT2D eigenvalue weighted by Gasteiger charge is -2.15. The first-order chi connectivity index (χ1) is 6.86. The van der Waals surface area contributed by atoms with Crippen molar-refractivity contribution in [1.82, 2.24) is 4.98 Å². The van der Waals surface area contributed by atoms with Gasteiger partial charge in [0.1, 0.15) is 0 Å². The molecule has 0 aliphatic carbocycles. The van der Waals surface area contributed by atoms with Crippen molar-refractivity contribution < 1.29 is 0 Å². The molecule has 1 unspecified atom stereocenters. The summed E-state index contributed by atoms with van der Waals surface area (Å²) in [4.78, 5) is 3.05. The van der Waals surface area contributed by atoms with Crippen LogP contribution in [0.25, 0.3) is 0 Å². The number of H-pyrrole nitrogens is 1. The zero-order valence-electron chi connectivity index (χ0n) is 9.34. The molecule has 1 aromatic heterocycles. The normalized spacial score (nSPS) is 12.7. The molecule has 14 heavy (non-hydrogen) atoms. The Hall–Kier alpha value is -0.920. The minimum absolute atomic E-state index is 0.824. The number of rotatable bonds is 7. The number of nitrogens with one attached hydrogen (secondary N) is 2. The predicted molar refractivity (Wildman–Crippen MR) is 62.6 cm³/mol. The molecule has 0 aromatic carbocycles. The highest BCUT2D eigenvalue weighted by Gasteiger charge is 2.04. The second-order valence-electron chi connectivity index (χ2n) is 3.90. The van der Waals surface area contributed by atoms with E-state index in [1.165, 1.54) is 31.4 Å². The molecular weight excluding hydrogens is 172 g/mol. The third-order valence-corrected chi connectivity index (χ3v) is 2.74. The van der Waals surface area contributed by atoms with E-state index in [4.69, 9.17) is 0 Å². The van der Waals surface area contributed by atoms with Crippen molar-refractivity contribution in [3.8, 4) is 0 Å². The van der Waals surface area contributed by atoms with Gasteiger partial charge in [-0.05, 0) is 18.4 Å². The van der Waals surface area contributed by atoms with E-state index >= 15 is 0 Å². The predicted octanol–water partition coefficient (Wildman–Crippen LogP) is 3.64. The fourth-order valence-corrected chi connectivity index (χ4v) is 1.64. The number of aromatic amines is 1. The zero-order valence-corrected chi connectivity index (χ0v) is 9.34. The Morgan fingerprint density at radius 2 is 2.29 bits per heavy atom. The Balaban J connectivity index is 2.20. The minimum Gasteiger partial charge on any atom is -0.384 e. The topological polar surface area (TPSA) is 27.8 Å². The molecule has 0 spiro atoms. The Labute approximate surface area is 87.1 Å². The molecular formula is C12H22N2. The Bertz CT molecular complexity index is 216. The van der Waals surface area contributed by atoms with Gasteiger partial charge in [0, 0.05) is 18.9 Å². The summed E-state index contributed by atoms with van der Waals surface area (Å²) in [6.07, 6.45) is 9.25. The summed E-state index contributed by atoms with van der Waals surface area (Å²) in [5, 5.41) is 3.45. The zero-order chi connectivity index (χ0) is 10.2. The quantitative estimate of drug-likeness (QED) is 0.681. The second kappa shape index (κ2) is 6.52. The lowest BCUT2D eigenvalue weighted by Crippen LogP contribution is -2.13. The molecule has 2 nitrogen and oxygen atoms in total. The number of anilines is 1. The largest absolute Gasteiger partial charge is 0.384 e. The van der Waals surface area contributed by atoms with E-state index in [0.717, 1.165) is 12.5 Å². The van der Waals surface area contributed by atoms with Crippen LogP contribution in [-0.4, -0.2) is 11.5 Å². The average molecular weight is 194 g/mol. The Morgan fingerprint density at radius 3 is 2.86 bits per heavy atom. The molecule has 1 rings (SSSR count). The standard InChI is InChI=1S/C12H22N2/c1-3-5-6-11(4-2)9-14-12-7-8-13-10-12/h7-8,10-11,13-14H,3-6,9H2,1-2H3. The third kappa shape index (κ3) is 3.86. The number of hydrogen-bond donors (Lipinski definition) is 2.